The van der Waals surface area contributed by atoms with E-state index in [-0.39, 0.29) is 5.69 Å². The summed E-state index contributed by atoms with van der Waals surface area (Å²) in [6.07, 6.45) is 3.23. The third-order valence-corrected chi connectivity index (χ3v) is 3.11. The van der Waals surface area contributed by atoms with Crippen molar-refractivity contribution in [3.8, 4) is 10.6 Å². The zero-order valence-corrected chi connectivity index (χ0v) is 9.23. The summed E-state index contributed by atoms with van der Waals surface area (Å²) in [5.41, 5.74) is 2.68. The average Bonchev–Trinajstić information content (AvgIpc) is 2.98. The minimum Gasteiger partial charge on any atom is -0.476 e. The molecule has 3 aromatic heterocycles. The van der Waals surface area contributed by atoms with E-state index in [4.69, 9.17) is 5.11 Å². The number of H-pyrrole nitrogens is 1. The van der Waals surface area contributed by atoms with Crippen molar-refractivity contribution < 1.29 is 9.90 Å². The number of aromatic amines is 1. The van der Waals surface area contributed by atoms with Gasteiger partial charge in [-0.1, -0.05) is 0 Å². The van der Waals surface area contributed by atoms with Gasteiger partial charge in [0.15, 0.2) is 5.69 Å². The number of carbonyl (C=O) groups is 1. The molecule has 0 aromatic carbocycles. The van der Waals surface area contributed by atoms with Gasteiger partial charge in [-0.15, -0.1) is 11.3 Å². The van der Waals surface area contributed by atoms with Crippen molar-refractivity contribution in [2.75, 3.05) is 0 Å². The van der Waals surface area contributed by atoms with Crippen LogP contribution < -0.4 is 0 Å². The van der Waals surface area contributed by atoms with Gasteiger partial charge in [-0.05, 0) is 6.07 Å². The largest absolute Gasteiger partial charge is 0.476 e. The molecule has 0 fully saturated rings. The maximum Gasteiger partial charge on any atom is 0.356 e. The van der Waals surface area contributed by atoms with Crippen molar-refractivity contribution >= 4 is 28.2 Å². The monoisotopic (exact) mass is 246 g/mol. The summed E-state index contributed by atoms with van der Waals surface area (Å²) in [5, 5.41) is 16.3. The van der Waals surface area contributed by atoms with Gasteiger partial charge in [-0.3, -0.25) is 10.1 Å². The first kappa shape index (κ1) is 9.91. The van der Waals surface area contributed by atoms with Crippen LogP contribution in [0.25, 0.3) is 21.5 Å². The molecular weight excluding hydrogens is 240 g/mol. The predicted molar refractivity (Wildman–Crippen MR) is 62.0 cm³/mol. The van der Waals surface area contributed by atoms with Crippen LogP contribution in [-0.4, -0.2) is 31.2 Å². The van der Waals surface area contributed by atoms with Crippen LogP contribution in [0, 0.1) is 0 Å². The minimum atomic E-state index is -1.08. The van der Waals surface area contributed by atoms with Crippen LogP contribution in [0.15, 0.2) is 24.0 Å². The van der Waals surface area contributed by atoms with Crippen molar-refractivity contribution in [3.05, 3.63) is 29.7 Å². The fourth-order valence-electron chi connectivity index (χ4n) is 1.57. The molecule has 0 aliphatic heterocycles. The zero-order chi connectivity index (χ0) is 11.8. The molecule has 0 radical (unpaired) electrons. The van der Waals surface area contributed by atoms with Crippen molar-refractivity contribution in [1.82, 2.24) is 20.2 Å². The fourth-order valence-corrected chi connectivity index (χ4v) is 2.16. The van der Waals surface area contributed by atoms with E-state index in [9.17, 15) is 4.79 Å². The lowest BCUT2D eigenvalue weighted by Gasteiger charge is -2.00. The Hall–Kier alpha value is -2.28. The fraction of sp³-hybridized carbons (Fsp3) is 0. The van der Waals surface area contributed by atoms with Crippen molar-refractivity contribution in [3.63, 3.8) is 0 Å². The Morgan fingerprint density at radius 2 is 2.29 bits per heavy atom. The first-order chi connectivity index (χ1) is 8.25. The molecule has 3 heterocycles. The highest BCUT2D eigenvalue weighted by Gasteiger charge is 2.15. The van der Waals surface area contributed by atoms with E-state index in [0.29, 0.717) is 11.2 Å². The second kappa shape index (κ2) is 3.63. The topological polar surface area (TPSA) is 91.8 Å². The lowest BCUT2D eigenvalue weighted by Crippen LogP contribution is -2.02. The number of hydrogen-bond donors (Lipinski definition) is 2. The molecule has 0 unspecified atom stereocenters. The summed E-state index contributed by atoms with van der Waals surface area (Å²) in [7, 11) is 0. The lowest BCUT2D eigenvalue weighted by molar-refractivity contribution is 0.0693. The molecule has 0 amide bonds. The highest BCUT2D eigenvalue weighted by Crippen LogP contribution is 2.25. The molecule has 3 rings (SSSR count). The first-order valence-corrected chi connectivity index (χ1v) is 5.60. The van der Waals surface area contributed by atoms with Gasteiger partial charge in [0.25, 0.3) is 0 Å². The van der Waals surface area contributed by atoms with Crippen LogP contribution in [0.4, 0.5) is 0 Å². The Morgan fingerprint density at radius 1 is 1.41 bits per heavy atom. The number of thiazole rings is 1. The Balaban J connectivity index is 2.31. The molecule has 0 aliphatic carbocycles. The second-order valence-corrected chi connectivity index (χ2v) is 4.25. The van der Waals surface area contributed by atoms with Gasteiger partial charge < -0.3 is 5.11 Å². The van der Waals surface area contributed by atoms with Crippen LogP contribution in [0.3, 0.4) is 0 Å². The molecule has 0 bridgehead atoms. The van der Waals surface area contributed by atoms with Gasteiger partial charge in [-0.2, -0.15) is 5.10 Å². The maximum absolute atomic E-state index is 11.1. The van der Waals surface area contributed by atoms with E-state index in [0.717, 1.165) is 10.3 Å². The quantitative estimate of drug-likeness (QED) is 0.719. The molecular formula is C10H6N4O2S. The Labute approximate surface area is 99.0 Å². The molecule has 7 heteroatoms. The molecule has 0 saturated carbocycles. The number of aromatic nitrogens is 4. The number of hydrogen-bond acceptors (Lipinski definition) is 5. The van der Waals surface area contributed by atoms with E-state index < -0.39 is 5.97 Å². The number of aromatic carboxylic acids is 1. The molecule has 17 heavy (non-hydrogen) atoms. The molecule has 84 valence electrons. The number of nitrogens with zero attached hydrogens (tertiary/aromatic N) is 3. The van der Waals surface area contributed by atoms with Crippen molar-refractivity contribution in [1.29, 1.82) is 0 Å². The molecule has 0 spiro atoms. The number of fused-ring (bicyclic) bond motifs is 1. The summed E-state index contributed by atoms with van der Waals surface area (Å²) in [5.74, 6) is -1.08. The third-order valence-electron chi connectivity index (χ3n) is 2.32. The Kier molecular flexibility index (Phi) is 2.12. The summed E-state index contributed by atoms with van der Waals surface area (Å²) >= 11 is 1.41. The summed E-state index contributed by atoms with van der Waals surface area (Å²) < 4.78 is 0. The molecule has 0 atom stereocenters. The van der Waals surface area contributed by atoms with Gasteiger partial charge >= 0.3 is 5.97 Å². The van der Waals surface area contributed by atoms with Gasteiger partial charge in [0, 0.05) is 11.6 Å². The number of rotatable bonds is 2. The summed E-state index contributed by atoms with van der Waals surface area (Å²) in [4.78, 5) is 20.0. The van der Waals surface area contributed by atoms with E-state index in [1.165, 1.54) is 11.3 Å². The second-order valence-electron chi connectivity index (χ2n) is 3.36. The summed E-state index contributed by atoms with van der Waals surface area (Å²) in [6, 6.07) is 1.79. The number of pyridine rings is 1. The van der Waals surface area contributed by atoms with Gasteiger partial charge in [0.2, 0.25) is 0 Å². The minimum absolute atomic E-state index is 0.0246. The number of nitrogens with one attached hydrogen (secondary N) is 1. The number of carboxylic acid groups (broad SMARTS) is 1. The van der Waals surface area contributed by atoms with Crippen LogP contribution in [0.2, 0.25) is 0 Å². The SMILES string of the molecule is O=C(O)c1nc(-c2cncs2)cc2cn[nH]c12. The molecule has 0 saturated heterocycles. The molecule has 0 aliphatic rings. The maximum atomic E-state index is 11.1. The highest BCUT2D eigenvalue weighted by atomic mass is 32.1. The van der Waals surface area contributed by atoms with E-state index >= 15 is 0 Å². The van der Waals surface area contributed by atoms with Crippen LogP contribution >= 0.6 is 11.3 Å². The molecule has 2 N–H and O–H groups in total. The van der Waals surface area contributed by atoms with Gasteiger partial charge in [-0.25, -0.2) is 9.78 Å². The Bertz CT molecular complexity index is 689. The van der Waals surface area contributed by atoms with Crippen LogP contribution in [0.5, 0.6) is 0 Å². The normalized spacial score (nSPS) is 10.8. The third kappa shape index (κ3) is 1.56. The van der Waals surface area contributed by atoms with E-state index in [1.54, 1.807) is 24.0 Å². The van der Waals surface area contributed by atoms with Crippen LogP contribution in [0.1, 0.15) is 10.5 Å². The Morgan fingerprint density at radius 3 is 3.00 bits per heavy atom. The summed E-state index contributed by atoms with van der Waals surface area (Å²) in [6.45, 7) is 0. The van der Waals surface area contributed by atoms with Gasteiger partial charge in [0.1, 0.15) is 0 Å². The molecule has 3 aromatic rings. The average molecular weight is 246 g/mol. The van der Waals surface area contributed by atoms with Gasteiger partial charge in [0.05, 0.1) is 27.8 Å². The smallest absolute Gasteiger partial charge is 0.356 e. The van der Waals surface area contributed by atoms with Crippen molar-refractivity contribution in [2.45, 2.75) is 0 Å². The lowest BCUT2D eigenvalue weighted by atomic mass is 10.2. The van der Waals surface area contributed by atoms with E-state index in [2.05, 4.69) is 20.2 Å². The van der Waals surface area contributed by atoms with Crippen molar-refractivity contribution in [2.24, 2.45) is 0 Å². The zero-order valence-electron chi connectivity index (χ0n) is 8.41. The number of carboxylic acids is 1. The van der Waals surface area contributed by atoms with Crippen LogP contribution in [-0.2, 0) is 0 Å². The predicted octanol–water partition coefficient (Wildman–Crippen LogP) is 1.78. The van der Waals surface area contributed by atoms with E-state index in [1.807, 2.05) is 0 Å². The highest BCUT2D eigenvalue weighted by molar-refractivity contribution is 7.13. The standard InChI is InChI=1S/C10H6N4O2S/c15-10(16)9-8-5(2-12-14-8)1-6(13-9)7-3-11-4-17-7/h1-4H,(H,12,14)(H,15,16). The first-order valence-electron chi connectivity index (χ1n) is 4.72. The molecule has 6 nitrogen and oxygen atoms in total.